The Morgan fingerprint density at radius 2 is 1.44 bits per heavy atom. The van der Waals surface area contributed by atoms with Gasteiger partial charge in [-0.1, -0.05) is 159 Å². The molecule has 0 saturated heterocycles. The standard InChI is InChI=1S/C55H48N4/c1-37(2)44-27-15-17-31-50(44)58(43-25-10-7-11-26-43)49(38(3)4)32-18-20-39(5)42-24-19-33-51-47(36-42)53-45-28-13-12-21-40(45)34-35-52(53)59(51)55-56-48-30-16-14-29-46(48)54(57-55)41-22-8-6-9-23-41/h6-17,19-23,25-37H,3,18,24H2,1-2,4-5H3/b39-20+,49-32+. The molecule has 9 rings (SSSR count). The second-order valence-electron chi connectivity index (χ2n) is 15.7. The Bertz CT molecular complexity index is 2990. The number of allylic oxidation sites excluding steroid dienone is 6. The predicted octanol–water partition coefficient (Wildman–Crippen LogP) is 15.0. The molecule has 0 bridgehead atoms. The molecule has 59 heavy (non-hydrogen) atoms. The Morgan fingerprint density at radius 1 is 0.746 bits per heavy atom. The second-order valence-corrected chi connectivity index (χ2v) is 15.7. The van der Waals surface area contributed by atoms with Crippen molar-refractivity contribution in [2.45, 2.75) is 46.5 Å². The lowest BCUT2D eigenvalue weighted by Crippen LogP contribution is -2.19. The van der Waals surface area contributed by atoms with Gasteiger partial charge in [0.15, 0.2) is 0 Å². The maximum atomic E-state index is 5.35. The molecular weight excluding hydrogens is 717 g/mol. The van der Waals surface area contributed by atoms with Gasteiger partial charge in [0.2, 0.25) is 5.95 Å². The summed E-state index contributed by atoms with van der Waals surface area (Å²) in [5.74, 6) is 1.03. The Balaban J connectivity index is 1.17. The Morgan fingerprint density at radius 3 is 2.22 bits per heavy atom. The number of hydrogen-bond donors (Lipinski definition) is 0. The van der Waals surface area contributed by atoms with Crippen molar-refractivity contribution in [3.63, 3.8) is 0 Å². The smallest absolute Gasteiger partial charge is 0.235 e. The molecule has 0 saturated carbocycles. The molecule has 4 nitrogen and oxygen atoms in total. The second kappa shape index (κ2) is 16.1. The number of aromatic nitrogens is 3. The van der Waals surface area contributed by atoms with Gasteiger partial charge < -0.3 is 4.90 Å². The minimum absolute atomic E-state index is 0.368. The molecule has 0 atom stereocenters. The fourth-order valence-corrected chi connectivity index (χ4v) is 8.52. The van der Waals surface area contributed by atoms with Crippen molar-refractivity contribution in [2.24, 2.45) is 0 Å². The van der Waals surface area contributed by atoms with Crippen LogP contribution in [0.3, 0.4) is 0 Å². The number of nitrogens with zero attached hydrogens (tertiary/aromatic N) is 4. The minimum atomic E-state index is 0.368. The third kappa shape index (κ3) is 7.12. The van der Waals surface area contributed by atoms with Gasteiger partial charge in [-0.25, -0.2) is 9.97 Å². The summed E-state index contributed by atoms with van der Waals surface area (Å²) in [7, 11) is 0. The van der Waals surface area contributed by atoms with Gasteiger partial charge in [-0.15, -0.1) is 0 Å². The van der Waals surface area contributed by atoms with Gasteiger partial charge in [0.05, 0.1) is 22.4 Å². The fraction of sp³-hybridized carbons (Fsp3) is 0.127. The van der Waals surface area contributed by atoms with Crippen molar-refractivity contribution in [3.05, 3.63) is 210 Å². The molecule has 0 radical (unpaired) electrons. The number of fused-ring (bicyclic) bond motifs is 6. The summed E-state index contributed by atoms with van der Waals surface area (Å²) >= 11 is 0. The summed E-state index contributed by atoms with van der Waals surface area (Å²) in [5.41, 5.74) is 14.5. The van der Waals surface area contributed by atoms with Gasteiger partial charge in [0.1, 0.15) is 0 Å². The topological polar surface area (TPSA) is 34.0 Å². The van der Waals surface area contributed by atoms with Gasteiger partial charge in [-0.2, -0.15) is 0 Å². The highest BCUT2D eigenvalue weighted by Gasteiger charge is 2.23. The number of anilines is 2. The zero-order valence-electron chi connectivity index (χ0n) is 34.2. The van der Waals surface area contributed by atoms with Crippen LogP contribution in [-0.2, 0) is 0 Å². The van der Waals surface area contributed by atoms with Crippen molar-refractivity contribution in [3.8, 4) is 17.2 Å². The van der Waals surface area contributed by atoms with E-state index in [0.29, 0.717) is 11.9 Å². The van der Waals surface area contributed by atoms with Crippen molar-refractivity contribution in [2.75, 3.05) is 4.90 Å². The summed E-state index contributed by atoms with van der Waals surface area (Å²) in [6.07, 6.45) is 13.2. The van der Waals surface area contributed by atoms with E-state index in [0.717, 1.165) is 63.2 Å². The van der Waals surface area contributed by atoms with E-state index in [9.17, 15) is 0 Å². The van der Waals surface area contributed by atoms with Crippen LogP contribution in [-0.4, -0.2) is 14.5 Å². The van der Waals surface area contributed by atoms with E-state index in [1.54, 1.807) is 0 Å². The van der Waals surface area contributed by atoms with Crippen LogP contribution < -0.4 is 4.90 Å². The first-order chi connectivity index (χ1) is 28.9. The van der Waals surface area contributed by atoms with Crippen LogP contribution in [0.2, 0.25) is 0 Å². The van der Waals surface area contributed by atoms with Crippen LogP contribution in [0, 0.1) is 0 Å². The molecule has 288 valence electrons. The third-order valence-electron chi connectivity index (χ3n) is 11.4. The molecule has 0 spiro atoms. The Kier molecular flexibility index (Phi) is 10.2. The van der Waals surface area contributed by atoms with Crippen LogP contribution in [0.4, 0.5) is 11.4 Å². The molecule has 2 heterocycles. The van der Waals surface area contributed by atoms with E-state index >= 15 is 0 Å². The van der Waals surface area contributed by atoms with Crippen LogP contribution in [0.1, 0.15) is 63.3 Å². The zero-order chi connectivity index (χ0) is 40.5. The summed E-state index contributed by atoms with van der Waals surface area (Å²) < 4.78 is 2.26. The first kappa shape index (κ1) is 37.5. The molecule has 0 N–H and O–H groups in total. The van der Waals surface area contributed by atoms with Crippen molar-refractivity contribution < 1.29 is 0 Å². The number of benzene rings is 6. The molecule has 1 aliphatic carbocycles. The monoisotopic (exact) mass is 764 g/mol. The minimum Gasteiger partial charge on any atom is -0.310 e. The van der Waals surface area contributed by atoms with Gasteiger partial charge in [0, 0.05) is 39.0 Å². The first-order valence-corrected chi connectivity index (χ1v) is 20.6. The summed E-state index contributed by atoms with van der Waals surface area (Å²) in [4.78, 5) is 13.0. The third-order valence-corrected chi connectivity index (χ3v) is 11.4. The lowest BCUT2D eigenvalue weighted by atomic mass is 9.97. The lowest BCUT2D eigenvalue weighted by molar-refractivity contribution is 0.862. The average Bonchev–Trinajstić information content (AvgIpc) is 3.42. The SMILES string of the molecule is C=C(C)/C(=C\C/C=C(\C)C1=Cc2c(n(-c3nc(-c4ccccc4)c4ccccc4n3)c3ccc4ccccc4c23)C=CC1)N(c1ccccc1)c1ccccc1C(C)C. The summed E-state index contributed by atoms with van der Waals surface area (Å²) in [6, 6.07) is 51.3. The van der Waals surface area contributed by atoms with E-state index in [2.05, 4.69) is 214 Å². The molecule has 4 heteroatoms. The van der Waals surface area contributed by atoms with Crippen molar-refractivity contribution >= 4 is 56.1 Å². The van der Waals surface area contributed by atoms with E-state index in [4.69, 9.17) is 9.97 Å². The van der Waals surface area contributed by atoms with Crippen LogP contribution >= 0.6 is 0 Å². The lowest BCUT2D eigenvalue weighted by Gasteiger charge is -2.31. The maximum Gasteiger partial charge on any atom is 0.235 e. The molecule has 8 aromatic rings. The van der Waals surface area contributed by atoms with Gasteiger partial charge in [-0.3, -0.25) is 4.57 Å². The summed E-state index contributed by atoms with van der Waals surface area (Å²) in [5, 5.41) is 4.67. The van der Waals surface area contributed by atoms with Crippen LogP contribution in [0.15, 0.2) is 193 Å². The van der Waals surface area contributed by atoms with E-state index in [1.165, 1.54) is 44.1 Å². The molecule has 1 aliphatic rings. The van der Waals surface area contributed by atoms with Crippen molar-refractivity contribution in [1.29, 1.82) is 0 Å². The highest BCUT2D eigenvalue weighted by atomic mass is 15.2. The highest BCUT2D eigenvalue weighted by Crippen LogP contribution is 2.41. The predicted molar refractivity (Wildman–Crippen MR) is 251 cm³/mol. The van der Waals surface area contributed by atoms with Crippen molar-refractivity contribution in [1.82, 2.24) is 14.5 Å². The Hall–Kier alpha value is -7.04. The fourth-order valence-electron chi connectivity index (χ4n) is 8.52. The number of rotatable bonds is 10. The Labute approximate surface area is 347 Å². The largest absolute Gasteiger partial charge is 0.310 e. The molecule has 6 aromatic carbocycles. The number of para-hydroxylation sites is 3. The van der Waals surface area contributed by atoms with Crippen LogP contribution in [0.5, 0.6) is 0 Å². The van der Waals surface area contributed by atoms with E-state index < -0.39 is 0 Å². The normalized spacial score (nSPS) is 13.2. The van der Waals surface area contributed by atoms with E-state index in [-0.39, 0.29) is 0 Å². The molecule has 0 unspecified atom stereocenters. The molecular formula is C55H48N4. The highest BCUT2D eigenvalue weighted by molar-refractivity contribution is 6.13. The maximum absolute atomic E-state index is 5.35. The van der Waals surface area contributed by atoms with Gasteiger partial charge in [-0.05, 0) is 103 Å². The molecule has 0 aliphatic heterocycles. The first-order valence-electron chi connectivity index (χ1n) is 20.6. The summed E-state index contributed by atoms with van der Waals surface area (Å²) in [6.45, 7) is 13.4. The number of hydrogen-bond acceptors (Lipinski definition) is 3. The van der Waals surface area contributed by atoms with Crippen LogP contribution in [0.25, 0.3) is 61.9 Å². The molecule has 2 aromatic heterocycles. The zero-order valence-corrected chi connectivity index (χ0v) is 34.2. The van der Waals surface area contributed by atoms with E-state index in [1.807, 2.05) is 6.07 Å². The molecule has 0 fully saturated rings. The average molecular weight is 765 g/mol. The molecule has 0 amide bonds. The quantitative estimate of drug-likeness (QED) is 0.130. The van der Waals surface area contributed by atoms with Gasteiger partial charge >= 0.3 is 0 Å². The van der Waals surface area contributed by atoms with Gasteiger partial charge in [0.25, 0.3) is 0 Å².